The summed E-state index contributed by atoms with van der Waals surface area (Å²) in [7, 11) is 1.66. The maximum absolute atomic E-state index is 13.5. The molecule has 2 aliphatic heterocycles. The van der Waals surface area contributed by atoms with Gasteiger partial charge in [-0.25, -0.2) is 5.01 Å². The third-order valence-corrected chi connectivity index (χ3v) is 7.02. The quantitative estimate of drug-likeness (QED) is 0.497. The number of hydrazone groups is 1. The summed E-state index contributed by atoms with van der Waals surface area (Å²) in [4.78, 5) is 18.0. The summed E-state index contributed by atoms with van der Waals surface area (Å²) in [6, 6.07) is 25.8. The summed E-state index contributed by atoms with van der Waals surface area (Å²) < 4.78 is 5.32. The number of halogens is 1. The van der Waals surface area contributed by atoms with E-state index in [0.717, 1.165) is 59.5 Å². The molecule has 1 unspecified atom stereocenters. The van der Waals surface area contributed by atoms with Crippen molar-refractivity contribution in [2.75, 3.05) is 44.7 Å². The van der Waals surface area contributed by atoms with Gasteiger partial charge in [0.15, 0.2) is 0 Å². The molecule has 5 rings (SSSR count). The van der Waals surface area contributed by atoms with E-state index in [4.69, 9.17) is 21.4 Å². The highest BCUT2D eigenvalue weighted by Gasteiger charge is 2.34. The Hall–Kier alpha value is -3.35. The van der Waals surface area contributed by atoms with Crippen molar-refractivity contribution < 1.29 is 9.53 Å². The van der Waals surface area contributed by atoms with Crippen LogP contribution in [0.4, 0.5) is 5.69 Å². The Morgan fingerprint density at radius 3 is 2.31 bits per heavy atom. The number of hydrogen-bond acceptors (Lipinski definition) is 5. The molecule has 180 valence electrons. The van der Waals surface area contributed by atoms with Crippen molar-refractivity contribution in [1.29, 1.82) is 0 Å². The van der Waals surface area contributed by atoms with Crippen molar-refractivity contribution >= 4 is 28.9 Å². The molecule has 35 heavy (non-hydrogen) atoms. The van der Waals surface area contributed by atoms with E-state index in [1.54, 1.807) is 12.1 Å². The molecule has 0 bridgehead atoms. The topological polar surface area (TPSA) is 48.4 Å². The molecule has 2 heterocycles. The van der Waals surface area contributed by atoms with E-state index in [9.17, 15) is 4.79 Å². The van der Waals surface area contributed by atoms with Crippen LogP contribution in [0, 0.1) is 0 Å². The van der Waals surface area contributed by atoms with Gasteiger partial charge in [0.1, 0.15) is 5.75 Å². The second-order valence-electron chi connectivity index (χ2n) is 8.86. The number of rotatable bonds is 6. The van der Waals surface area contributed by atoms with Gasteiger partial charge in [0, 0.05) is 32.6 Å². The van der Waals surface area contributed by atoms with Gasteiger partial charge >= 0.3 is 0 Å². The second kappa shape index (κ2) is 10.5. The third kappa shape index (κ3) is 5.19. The first-order valence-corrected chi connectivity index (χ1v) is 12.3. The number of piperazine rings is 1. The third-order valence-electron chi connectivity index (χ3n) is 6.70. The summed E-state index contributed by atoms with van der Waals surface area (Å²) in [6.45, 7) is 3.60. The first kappa shape index (κ1) is 23.4. The Morgan fingerprint density at radius 2 is 1.63 bits per heavy atom. The van der Waals surface area contributed by atoms with Gasteiger partial charge in [-0.2, -0.15) is 5.10 Å². The summed E-state index contributed by atoms with van der Waals surface area (Å²) >= 11 is 6.38. The largest absolute Gasteiger partial charge is 0.497 e. The molecule has 0 saturated carbocycles. The van der Waals surface area contributed by atoms with Crippen LogP contribution in [-0.4, -0.2) is 61.4 Å². The molecular weight excluding hydrogens is 460 g/mol. The van der Waals surface area contributed by atoms with Gasteiger partial charge in [0.2, 0.25) is 0 Å². The van der Waals surface area contributed by atoms with Gasteiger partial charge in [0.25, 0.3) is 5.91 Å². The highest BCUT2D eigenvalue weighted by Crippen LogP contribution is 2.34. The number of anilines is 1. The SMILES string of the molecule is COc1ccc(C2CC(c3ccccc3)=NN2C(=O)CN2CCN(c3ccccc3Cl)CC2)cc1. The fourth-order valence-corrected chi connectivity index (χ4v) is 5.01. The lowest BCUT2D eigenvalue weighted by molar-refractivity contribution is -0.134. The molecule has 0 N–H and O–H groups in total. The lowest BCUT2D eigenvalue weighted by Crippen LogP contribution is -2.49. The van der Waals surface area contributed by atoms with Crippen molar-refractivity contribution in [2.45, 2.75) is 12.5 Å². The average molecular weight is 489 g/mol. The maximum Gasteiger partial charge on any atom is 0.257 e. The van der Waals surface area contributed by atoms with Gasteiger partial charge in [-0.15, -0.1) is 0 Å². The van der Waals surface area contributed by atoms with Gasteiger partial charge in [-0.1, -0.05) is 66.2 Å². The predicted molar refractivity (Wildman–Crippen MR) is 140 cm³/mol. The van der Waals surface area contributed by atoms with Crippen LogP contribution < -0.4 is 9.64 Å². The van der Waals surface area contributed by atoms with E-state index in [2.05, 4.69) is 9.80 Å². The molecule has 2 aliphatic rings. The first-order chi connectivity index (χ1) is 17.1. The molecule has 7 heteroatoms. The Kier molecular flexibility index (Phi) is 7.02. The highest BCUT2D eigenvalue weighted by molar-refractivity contribution is 6.33. The second-order valence-corrected chi connectivity index (χ2v) is 9.27. The van der Waals surface area contributed by atoms with E-state index in [-0.39, 0.29) is 11.9 Å². The molecule has 0 radical (unpaired) electrons. The molecule has 0 aliphatic carbocycles. The van der Waals surface area contributed by atoms with Crippen LogP contribution >= 0.6 is 11.6 Å². The minimum Gasteiger partial charge on any atom is -0.497 e. The Bertz CT molecular complexity index is 1190. The lowest BCUT2D eigenvalue weighted by atomic mass is 9.98. The molecule has 1 atom stereocenters. The van der Waals surface area contributed by atoms with E-state index in [1.165, 1.54) is 0 Å². The van der Waals surface area contributed by atoms with Gasteiger partial charge < -0.3 is 9.64 Å². The van der Waals surface area contributed by atoms with Crippen molar-refractivity contribution in [3.8, 4) is 5.75 Å². The molecule has 3 aromatic carbocycles. The summed E-state index contributed by atoms with van der Waals surface area (Å²) in [5, 5.41) is 7.26. The number of methoxy groups -OCH3 is 1. The number of carbonyl (C=O) groups excluding carboxylic acids is 1. The standard InChI is InChI=1S/C28H29ClN4O2/c1-35-23-13-11-22(12-14-23)27-19-25(21-7-3-2-4-8-21)30-33(27)28(34)20-31-15-17-32(18-16-31)26-10-6-5-9-24(26)29/h2-14,27H,15-20H2,1H3. The molecule has 1 saturated heterocycles. The van der Waals surface area contributed by atoms with Crippen LogP contribution in [0.2, 0.25) is 5.02 Å². The van der Waals surface area contributed by atoms with Crippen LogP contribution in [0.25, 0.3) is 0 Å². The molecule has 6 nitrogen and oxygen atoms in total. The molecule has 0 spiro atoms. The fourth-order valence-electron chi connectivity index (χ4n) is 4.75. The molecule has 1 amide bonds. The number of hydrogen-bond donors (Lipinski definition) is 0. The zero-order chi connectivity index (χ0) is 24.2. The van der Waals surface area contributed by atoms with E-state index in [1.807, 2.05) is 78.9 Å². The van der Waals surface area contributed by atoms with Crippen LogP contribution in [0.5, 0.6) is 5.75 Å². The maximum atomic E-state index is 13.5. The number of ether oxygens (including phenoxy) is 1. The van der Waals surface area contributed by atoms with Gasteiger partial charge in [-0.05, 0) is 35.4 Å². The zero-order valence-electron chi connectivity index (χ0n) is 19.8. The Balaban J connectivity index is 1.30. The highest BCUT2D eigenvalue weighted by atomic mass is 35.5. The van der Waals surface area contributed by atoms with Crippen molar-refractivity contribution in [3.63, 3.8) is 0 Å². The number of para-hydroxylation sites is 1. The molecular formula is C28H29ClN4O2. The van der Waals surface area contributed by atoms with Gasteiger partial charge in [-0.3, -0.25) is 9.69 Å². The normalized spacial score (nSPS) is 18.5. The molecule has 3 aromatic rings. The monoisotopic (exact) mass is 488 g/mol. The number of carbonyl (C=O) groups is 1. The fraction of sp³-hybridized carbons (Fsp3) is 0.286. The van der Waals surface area contributed by atoms with Crippen LogP contribution in [0.3, 0.4) is 0 Å². The smallest absolute Gasteiger partial charge is 0.257 e. The molecule has 0 aromatic heterocycles. The first-order valence-electron chi connectivity index (χ1n) is 11.9. The van der Waals surface area contributed by atoms with Crippen LogP contribution in [0.1, 0.15) is 23.6 Å². The van der Waals surface area contributed by atoms with Gasteiger partial charge in [0.05, 0.1) is 36.1 Å². The number of amides is 1. The summed E-state index contributed by atoms with van der Waals surface area (Å²) in [6.07, 6.45) is 0.683. The average Bonchev–Trinajstić information content (AvgIpc) is 3.36. The van der Waals surface area contributed by atoms with E-state index < -0.39 is 0 Å². The summed E-state index contributed by atoms with van der Waals surface area (Å²) in [5.74, 6) is 0.813. The Morgan fingerprint density at radius 1 is 0.943 bits per heavy atom. The van der Waals surface area contributed by atoms with Crippen molar-refractivity contribution in [3.05, 3.63) is 95.0 Å². The summed E-state index contributed by atoms with van der Waals surface area (Å²) in [5.41, 5.74) is 4.09. The minimum absolute atomic E-state index is 0.0166. The van der Waals surface area contributed by atoms with E-state index in [0.29, 0.717) is 13.0 Å². The predicted octanol–water partition coefficient (Wildman–Crippen LogP) is 4.85. The minimum atomic E-state index is -0.131. The molecule has 1 fully saturated rings. The number of benzene rings is 3. The number of nitrogens with zero attached hydrogens (tertiary/aromatic N) is 4. The van der Waals surface area contributed by atoms with Crippen molar-refractivity contribution in [2.24, 2.45) is 5.10 Å². The van der Waals surface area contributed by atoms with Crippen LogP contribution in [-0.2, 0) is 4.79 Å². The zero-order valence-corrected chi connectivity index (χ0v) is 20.6. The van der Waals surface area contributed by atoms with Crippen LogP contribution in [0.15, 0.2) is 84.0 Å². The lowest BCUT2D eigenvalue weighted by Gasteiger charge is -2.36. The Labute approximate surface area is 211 Å². The van der Waals surface area contributed by atoms with Crippen molar-refractivity contribution in [1.82, 2.24) is 9.91 Å². The van der Waals surface area contributed by atoms with E-state index >= 15 is 0 Å².